The lowest BCUT2D eigenvalue weighted by molar-refractivity contribution is 0.391. The van der Waals surface area contributed by atoms with Crippen LogP contribution in [0.5, 0.6) is 0 Å². The van der Waals surface area contributed by atoms with Crippen molar-refractivity contribution in [2.75, 3.05) is 0 Å². The molecule has 0 saturated heterocycles. The second-order valence-electron chi connectivity index (χ2n) is 4.24. The van der Waals surface area contributed by atoms with Crippen LogP contribution in [-0.2, 0) is 5.75 Å². The molecule has 3 nitrogen and oxygen atoms in total. The van der Waals surface area contributed by atoms with E-state index in [9.17, 15) is 4.39 Å². The molecular formula is C15H10BrFN2OS. The molecule has 3 rings (SSSR count). The van der Waals surface area contributed by atoms with Crippen molar-refractivity contribution in [3.05, 3.63) is 64.7 Å². The van der Waals surface area contributed by atoms with Gasteiger partial charge in [0.25, 0.3) is 0 Å². The summed E-state index contributed by atoms with van der Waals surface area (Å²) in [7, 11) is 0. The Bertz CT molecular complexity index is 763. The summed E-state index contributed by atoms with van der Waals surface area (Å²) in [6.45, 7) is 0. The van der Waals surface area contributed by atoms with Gasteiger partial charge in [-0.15, -0.1) is 11.8 Å². The van der Waals surface area contributed by atoms with E-state index in [0.29, 0.717) is 22.4 Å². The number of hydrogen-bond acceptors (Lipinski definition) is 4. The van der Waals surface area contributed by atoms with Crippen molar-refractivity contribution in [3.63, 3.8) is 0 Å². The van der Waals surface area contributed by atoms with Gasteiger partial charge in [-0.25, -0.2) is 4.39 Å². The first-order chi connectivity index (χ1) is 10.2. The average Bonchev–Trinajstić information content (AvgIpc) is 2.95. The van der Waals surface area contributed by atoms with Gasteiger partial charge in [-0.05, 0) is 24.3 Å². The minimum absolute atomic E-state index is 0.241. The fraction of sp³-hybridized carbons (Fsp3) is 0.0667. The molecule has 3 aromatic rings. The molecule has 0 saturated carbocycles. The maximum atomic E-state index is 13.5. The van der Waals surface area contributed by atoms with Crippen molar-refractivity contribution in [3.8, 4) is 11.4 Å². The summed E-state index contributed by atoms with van der Waals surface area (Å²) in [5.74, 6) is 1.19. The van der Waals surface area contributed by atoms with Crippen LogP contribution >= 0.6 is 27.7 Å². The maximum absolute atomic E-state index is 13.5. The highest BCUT2D eigenvalue weighted by molar-refractivity contribution is 9.10. The number of thioether (sulfide) groups is 1. The number of rotatable bonds is 4. The summed E-state index contributed by atoms with van der Waals surface area (Å²) in [6, 6.07) is 14.3. The molecule has 1 aromatic heterocycles. The van der Waals surface area contributed by atoms with E-state index in [1.807, 2.05) is 24.3 Å². The Morgan fingerprint density at radius 2 is 2.00 bits per heavy atom. The normalized spacial score (nSPS) is 10.8. The van der Waals surface area contributed by atoms with E-state index in [-0.39, 0.29) is 5.82 Å². The number of hydrogen-bond donors (Lipinski definition) is 0. The Hall–Kier alpha value is -1.66. The van der Waals surface area contributed by atoms with Crippen molar-refractivity contribution >= 4 is 27.7 Å². The topological polar surface area (TPSA) is 38.9 Å². The Kier molecular flexibility index (Phi) is 4.36. The monoisotopic (exact) mass is 364 g/mol. The lowest BCUT2D eigenvalue weighted by atomic mass is 10.2. The third-order valence-corrected chi connectivity index (χ3v) is 4.27. The number of aromatic nitrogens is 2. The van der Waals surface area contributed by atoms with E-state index in [1.54, 1.807) is 18.2 Å². The number of benzene rings is 2. The molecule has 0 unspecified atom stereocenters. The molecule has 0 fully saturated rings. The van der Waals surface area contributed by atoms with Crippen molar-refractivity contribution in [1.82, 2.24) is 10.1 Å². The Morgan fingerprint density at radius 1 is 1.14 bits per heavy atom. The van der Waals surface area contributed by atoms with Crippen LogP contribution in [0.25, 0.3) is 11.4 Å². The zero-order valence-electron chi connectivity index (χ0n) is 10.8. The van der Waals surface area contributed by atoms with E-state index in [1.165, 1.54) is 17.8 Å². The minimum atomic E-state index is -0.241. The molecule has 6 heteroatoms. The summed E-state index contributed by atoms with van der Waals surface area (Å²) in [6.07, 6.45) is 0. The third kappa shape index (κ3) is 3.51. The summed E-state index contributed by atoms with van der Waals surface area (Å²) < 4.78 is 19.7. The van der Waals surface area contributed by atoms with Crippen molar-refractivity contribution < 1.29 is 8.91 Å². The summed E-state index contributed by atoms with van der Waals surface area (Å²) in [5.41, 5.74) is 0.871. The Labute approximate surface area is 133 Å². The third-order valence-electron chi connectivity index (χ3n) is 2.74. The molecule has 0 amide bonds. The van der Waals surface area contributed by atoms with Crippen LogP contribution in [0.2, 0.25) is 0 Å². The van der Waals surface area contributed by atoms with Gasteiger partial charge in [0.15, 0.2) is 0 Å². The Balaban J connectivity index is 1.72. The lowest BCUT2D eigenvalue weighted by Crippen LogP contribution is -1.84. The van der Waals surface area contributed by atoms with Crippen molar-refractivity contribution in [1.29, 1.82) is 0 Å². The zero-order chi connectivity index (χ0) is 14.7. The Morgan fingerprint density at radius 3 is 2.81 bits per heavy atom. The van der Waals surface area contributed by atoms with Gasteiger partial charge in [-0.1, -0.05) is 45.4 Å². The number of halogens is 2. The van der Waals surface area contributed by atoms with E-state index in [4.69, 9.17) is 4.52 Å². The first-order valence-electron chi connectivity index (χ1n) is 6.18. The van der Waals surface area contributed by atoms with Crippen LogP contribution < -0.4 is 0 Å². The van der Waals surface area contributed by atoms with E-state index < -0.39 is 0 Å². The average molecular weight is 365 g/mol. The van der Waals surface area contributed by atoms with Crippen LogP contribution in [0.4, 0.5) is 4.39 Å². The van der Waals surface area contributed by atoms with Crippen LogP contribution in [0, 0.1) is 5.82 Å². The molecule has 0 atom stereocenters. The molecule has 0 aliphatic heterocycles. The van der Waals surface area contributed by atoms with E-state index in [2.05, 4.69) is 26.1 Å². The predicted octanol–water partition coefficient (Wildman–Crippen LogP) is 4.93. The van der Waals surface area contributed by atoms with Gasteiger partial charge in [0, 0.05) is 14.9 Å². The highest BCUT2D eigenvalue weighted by Gasteiger charge is 2.10. The van der Waals surface area contributed by atoms with Gasteiger partial charge in [0.05, 0.1) is 5.75 Å². The molecule has 0 N–H and O–H groups in total. The summed E-state index contributed by atoms with van der Waals surface area (Å²) in [5, 5.41) is 3.95. The van der Waals surface area contributed by atoms with Gasteiger partial charge < -0.3 is 4.52 Å². The fourth-order valence-electron chi connectivity index (χ4n) is 1.76. The van der Waals surface area contributed by atoms with Crippen LogP contribution in [0.1, 0.15) is 5.89 Å². The second-order valence-corrected chi connectivity index (χ2v) is 6.17. The van der Waals surface area contributed by atoms with Crippen molar-refractivity contribution in [2.24, 2.45) is 0 Å². The van der Waals surface area contributed by atoms with Gasteiger partial charge in [0.2, 0.25) is 11.7 Å². The largest absolute Gasteiger partial charge is 0.338 e. The molecule has 1 heterocycles. The predicted molar refractivity (Wildman–Crippen MR) is 83.4 cm³/mol. The quantitative estimate of drug-likeness (QED) is 0.615. The molecule has 2 aromatic carbocycles. The molecule has 0 radical (unpaired) electrons. The van der Waals surface area contributed by atoms with Gasteiger partial charge in [0.1, 0.15) is 5.82 Å². The molecule has 0 aliphatic carbocycles. The minimum Gasteiger partial charge on any atom is -0.338 e. The molecule has 0 aliphatic rings. The summed E-state index contributed by atoms with van der Waals surface area (Å²) >= 11 is 4.73. The zero-order valence-corrected chi connectivity index (χ0v) is 13.2. The molecular weight excluding hydrogens is 355 g/mol. The van der Waals surface area contributed by atoms with Gasteiger partial charge in [-0.2, -0.15) is 4.98 Å². The molecule has 106 valence electrons. The van der Waals surface area contributed by atoms with Crippen molar-refractivity contribution in [2.45, 2.75) is 10.6 Å². The number of nitrogens with zero attached hydrogens (tertiary/aromatic N) is 2. The SMILES string of the molecule is Fc1ccccc1SCc1nc(-c2cccc(Br)c2)no1. The first-order valence-corrected chi connectivity index (χ1v) is 7.96. The maximum Gasteiger partial charge on any atom is 0.237 e. The van der Waals surface area contributed by atoms with Gasteiger partial charge in [-0.3, -0.25) is 0 Å². The van der Waals surface area contributed by atoms with Gasteiger partial charge >= 0.3 is 0 Å². The molecule has 0 spiro atoms. The first kappa shape index (κ1) is 14.3. The van der Waals surface area contributed by atoms with Crippen LogP contribution in [-0.4, -0.2) is 10.1 Å². The van der Waals surface area contributed by atoms with E-state index in [0.717, 1.165) is 10.0 Å². The summed E-state index contributed by atoms with van der Waals surface area (Å²) in [4.78, 5) is 4.89. The highest BCUT2D eigenvalue weighted by atomic mass is 79.9. The molecule has 0 bridgehead atoms. The van der Waals surface area contributed by atoms with Crippen LogP contribution in [0.15, 0.2) is 62.4 Å². The standard InChI is InChI=1S/C15H10BrFN2OS/c16-11-5-3-4-10(8-11)15-18-14(20-19-15)9-21-13-7-2-1-6-12(13)17/h1-8H,9H2. The second kappa shape index (κ2) is 6.41. The highest BCUT2D eigenvalue weighted by Crippen LogP contribution is 2.26. The smallest absolute Gasteiger partial charge is 0.237 e. The van der Waals surface area contributed by atoms with Crippen LogP contribution in [0.3, 0.4) is 0 Å². The lowest BCUT2D eigenvalue weighted by Gasteiger charge is -1.99. The molecule has 21 heavy (non-hydrogen) atoms. The van der Waals surface area contributed by atoms with E-state index >= 15 is 0 Å². The fourth-order valence-corrected chi connectivity index (χ4v) is 2.94.